The van der Waals surface area contributed by atoms with Crippen molar-refractivity contribution in [2.45, 2.75) is 134 Å². The molecule has 1 aliphatic rings. The molecule has 0 aromatic heterocycles. The van der Waals surface area contributed by atoms with Crippen LogP contribution in [0.4, 0.5) is 0 Å². The van der Waals surface area contributed by atoms with Gasteiger partial charge < -0.3 is 24.8 Å². The van der Waals surface area contributed by atoms with E-state index in [-0.39, 0.29) is 0 Å². The average Bonchev–Trinajstić information content (AvgIpc) is 2.67. The van der Waals surface area contributed by atoms with E-state index in [0.29, 0.717) is 6.61 Å². The first-order chi connectivity index (χ1) is 13.1. The maximum atomic E-state index is 9.88. The predicted octanol–water partition coefficient (Wildman–Crippen LogP) is 4.31. The van der Waals surface area contributed by atoms with Crippen LogP contribution in [0.1, 0.15) is 104 Å². The zero-order valence-corrected chi connectivity index (χ0v) is 17.7. The van der Waals surface area contributed by atoms with Crippen molar-refractivity contribution in [3.05, 3.63) is 0 Å². The highest BCUT2D eigenvalue weighted by Crippen LogP contribution is 2.22. The molecule has 1 rings (SSSR count). The Hall–Kier alpha value is -0.200. The molecule has 5 heteroatoms. The Morgan fingerprint density at radius 3 is 1.56 bits per heavy atom. The molecule has 5 nitrogen and oxygen atoms in total. The summed E-state index contributed by atoms with van der Waals surface area (Å²) in [6.45, 7) is 4.44. The summed E-state index contributed by atoms with van der Waals surface area (Å²) in [7, 11) is 0. The maximum Gasteiger partial charge on any atom is 0.186 e. The highest BCUT2D eigenvalue weighted by molar-refractivity contribution is 4.87. The smallest absolute Gasteiger partial charge is 0.186 e. The van der Waals surface area contributed by atoms with E-state index in [0.717, 1.165) is 12.8 Å². The molecule has 0 bridgehead atoms. The molecule has 0 aromatic carbocycles. The van der Waals surface area contributed by atoms with E-state index in [9.17, 15) is 15.3 Å². The fourth-order valence-corrected chi connectivity index (χ4v) is 3.65. The molecule has 27 heavy (non-hydrogen) atoms. The summed E-state index contributed by atoms with van der Waals surface area (Å²) < 4.78 is 11.0. The lowest BCUT2D eigenvalue weighted by Crippen LogP contribution is -2.57. The summed E-state index contributed by atoms with van der Waals surface area (Å²) in [6, 6.07) is 0. The fourth-order valence-electron chi connectivity index (χ4n) is 3.65. The molecule has 2 unspecified atom stereocenters. The lowest BCUT2D eigenvalue weighted by Gasteiger charge is -2.38. The molecule has 0 spiro atoms. The number of aliphatic hydroxyl groups is 3. The second kappa shape index (κ2) is 15.7. The van der Waals surface area contributed by atoms with Crippen molar-refractivity contribution < 1.29 is 24.8 Å². The number of rotatable bonds is 16. The molecule has 3 N–H and O–H groups in total. The molecule has 0 radical (unpaired) electrons. The minimum atomic E-state index is -1.21. The van der Waals surface area contributed by atoms with Crippen LogP contribution in [0.25, 0.3) is 0 Å². The predicted molar refractivity (Wildman–Crippen MR) is 109 cm³/mol. The van der Waals surface area contributed by atoms with Gasteiger partial charge in [0.25, 0.3) is 0 Å². The van der Waals surface area contributed by atoms with Crippen LogP contribution in [-0.4, -0.2) is 52.6 Å². The number of aliphatic hydroxyl groups excluding tert-OH is 3. The summed E-state index contributed by atoms with van der Waals surface area (Å²) >= 11 is 0. The van der Waals surface area contributed by atoms with Gasteiger partial charge in [-0.15, -0.1) is 0 Å². The summed E-state index contributed by atoms with van der Waals surface area (Å²) in [5.41, 5.74) is 0. The van der Waals surface area contributed by atoms with Crippen molar-refractivity contribution in [2.24, 2.45) is 0 Å². The number of hydrogen-bond donors (Lipinski definition) is 3. The van der Waals surface area contributed by atoms with Gasteiger partial charge in [-0.2, -0.15) is 0 Å². The standard InChI is InChI=1S/C22H44O5/c1-3-4-5-6-7-8-9-10-11-12-13-14-15-16-17-26-22-21(25)20(24)19(23)18(2)27-22/h18-25H,3-17H2,1-2H3/t18?,19-,20+,21?,22+/m0/s1. The normalized spacial score (nSPS) is 28.6. The Morgan fingerprint density at radius 1 is 0.630 bits per heavy atom. The van der Waals surface area contributed by atoms with Gasteiger partial charge in [-0.1, -0.05) is 90.4 Å². The minimum absolute atomic E-state index is 0.509. The molecule has 1 aliphatic heterocycles. The molecule has 0 saturated carbocycles. The van der Waals surface area contributed by atoms with Crippen molar-refractivity contribution in [3.63, 3.8) is 0 Å². The molecule has 0 aliphatic carbocycles. The molecule has 0 aromatic rings. The summed E-state index contributed by atoms with van der Waals surface area (Å²) in [5, 5.41) is 29.3. The van der Waals surface area contributed by atoms with Crippen LogP contribution in [-0.2, 0) is 9.47 Å². The van der Waals surface area contributed by atoms with Gasteiger partial charge >= 0.3 is 0 Å². The first-order valence-corrected chi connectivity index (χ1v) is 11.4. The van der Waals surface area contributed by atoms with E-state index in [1.165, 1.54) is 77.0 Å². The van der Waals surface area contributed by atoms with Crippen LogP contribution in [0.3, 0.4) is 0 Å². The van der Waals surface area contributed by atoms with E-state index in [1.807, 2.05) is 0 Å². The van der Waals surface area contributed by atoms with E-state index in [2.05, 4.69) is 6.92 Å². The Morgan fingerprint density at radius 2 is 1.07 bits per heavy atom. The van der Waals surface area contributed by atoms with Crippen molar-refractivity contribution >= 4 is 0 Å². The highest BCUT2D eigenvalue weighted by atomic mass is 16.7. The van der Waals surface area contributed by atoms with Gasteiger partial charge in [-0.25, -0.2) is 0 Å². The number of hydrogen-bond acceptors (Lipinski definition) is 5. The minimum Gasteiger partial charge on any atom is -0.388 e. The van der Waals surface area contributed by atoms with Crippen molar-refractivity contribution in [1.29, 1.82) is 0 Å². The topological polar surface area (TPSA) is 79.2 Å². The van der Waals surface area contributed by atoms with Gasteiger partial charge in [0.2, 0.25) is 0 Å². The van der Waals surface area contributed by atoms with Crippen LogP contribution in [0.5, 0.6) is 0 Å². The number of unbranched alkanes of at least 4 members (excludes halogenated alkanes) is 13. The Bertz CT molecular complexity index is 339. The van der Waals surface area contributed by atoms with Crippen LogP contribution >= 0.6 is 0 Å². The molecule has 162 valence electrons. The Kier molecular flexibility index (Phi) is 14.4. The van der Waals surface area contributed by atoms with Crippen molar-refractivity contribution in [3.8, 4) is 0 Å². The second-order valence-electron chi connectivity index (χ2n) is 8.15. The Labute approximate surface area is 166 Å². The molecular weight excluding hydrogens is 344 g/mol. The zero-order chi connectivity index (χ0) is 19.9. The maximum absolute atomic E-state index is 9.88. The van der Waals surface area contributed by atoms with Gasteiger partial charge in [0.05, 0.1) is 6.10 Å². The fraction of sp³-hybridized carbons (Fsp3) is 1.00. The lowest BCUT2D eigenvalue weighted by atomic mass is 10.00. The molecule has 1 heterocycles. The third-order valence-electron chi connectivity index (χ3n) is 5.59. The Balaban J connectivity index is 1.85. The van der Waals surface area contributed by atoms with Gasteiger partial charge in [0, 0.05) is 6.61 Å². The monoisotopic (exact) mass is 388 g/mol. The second-order valence-corrected chi connectivity index (χ2v) is 8.15. The van der Waals surface area contributed by atoms with E-state index < -0.39 is 30.7 Å². The van der Waals surface area contributed by atoms with Crippen LogP contribution < -0.4 is 0 Å². The first kappa shape index (κ1) is 24.8. The van der Waals surface area contributed by atoms with Gasteiger partial charge in [0.1, 0.15) is 18.3 Å². The van der Waals surface area contributed by atoms with Crippen LogP contribution in [0, 0.1) is 0 Å². The van der Waals surface area contributed by atoms with E-state index in [1.54, 1.807) is 6.92 Å². The molecular formula is C22H44O5. The van der Waals surface area contributed by atoms with Gasteiger partial charge in [-0.3, -0.25) is 0 Å². The number of ether oxygens (including phenoxy) is 2. The van der Waals surface area contributed by atoms with Crippen LogP contribution in [0.2, 0.25) is 0 Å². The van der Waals surface area contributed by atoms with E-state index >= 15 is 0 Å². The summed E-state index contributed by atoms with van der Waals surface area (Å²) in [5.74, 6) is 0. The quantitative estimate of drug-likeness (QED) is 0.343. The van der Waals surface area contributed by atoms with Crippen molar-refractivity contribution in [1.82, 2.24) is 0 Å². The lowest BCUT2D eigenvalue weighted by molar-refractivity contribution is -0.293. The first-order valence-electron chi connectivity index (χ1n) is 11.4. The molecule has 1 saturated heterocycles. The molecule has 0 amide bonds. The largest absolute Gasteiger partial charge is 0.388 e. The SMILES string of the molecule is CCCCCCCCCCCCCCCCO[C@@H]1OC(C)[C@H](O)[C@@H](O)C1O. The highest BCUT2D eigenvalue weighted by Gasteiger charge is 2.42. The van der Waals surface area contributed by atoms with Crippen LogP contribution in [0.15, 0.2) is 0 Å². The van der Waals surface area contributed by atoms with Gasteiger partial charge in [0.15, 0.2) is 6.29 Å². The van der Waals surface area contributed by atoms with Crippen molar-refractivity contribution in [2.75, 3.05) is 6.61 Å². The van der Waals surface area contributed by atoms with E-state index in [4.69, 9.17) is 9.47 Å². The third kappa shape index (κ3) is 10.8. The molecule has 1 fully saturated rings. The third-order valence-corrected chi connectivity index (χ3v) is 5.59. The summed E-state index contributed by atoms with van der Waals surface area (Å²) in [6.07, 6.45) is 13.5. The molecule has 5 atom stereocenters. The summed E-state index contributed by atoms with van der Waals surface area (Å²) in [4.78, 5) is 0. The zero-order valence-electron chi connectivity index (χ0n) is 17.7. The average molecular weight is 389 g/mol. The van der Waals surface area contributed by atoms with Gasteiger partial charge in [-0.05, 0) is 13.3 Å².